The van der Waals surface area contributed by atoms with E-state index in [-0.39, 0.29) is 17.8 Å². The van der Waals surface area contributed by atoms with Gasteiger partial charge in [-0.3, -0.25) is 0 Å². The standard InChI is InChI=1S/C15H28ClNO2S/c16-12-7-13-20(18,19)17(14-8-3-1-4-9-14)15-10-5-2-6-11-15/h14-15H,1-13H2. The van der Waals surface area contributed by atoms with Crippen molar-refractivity contribution in [3.8, 4) is 0 Å². The lowest BCUT2D eigenvalue weighted by molar-refractivity contribution is 0.170. The molecule has 0 aromatic carbocycles. The zero-order valence-corrected chi connectivity index (χ0v) is 14.0. The van der Waals surface area contributed by atoms with Gasteiger partial charge in [0.1, 0.15) is 0 Å². The molecule has 0 atom stereocenters. The Kier molecular flexibility index (Phi) is 6.63. The van der Waals surface area contributed by atoms with Gasteiger partial charge in [-0.05, 0) is 32.1 Å². The molecule has 2 rings (SSSR count). The number of sulfonamides is 1. The van der Waals surface area contributed by atoms with Crippen LogP contribution in [0.3, 0.4) is 0 Å². The summed E-state index contributed by atoms with van der Waals surface area (Å²) in [6.07, 6.45) is 12.0. The van der Waals surface area contributed by atoms with Gasteiger partial charge >= 0.3 is 0 Å². The van der Waals surface area contributed by atoms with Crippen LogP contribution in [0.4, 0.5) is 0 Å². The molecule has 0 heterocycles. The topological polar surface area (TPSA) is 37.4 Å². The normalized spacial score (nSPS) is 23.3. The molecule has 2 fully saturated rings. The maximum atomic E-state index is 12.8. The molecule has 0 aliphatic heterocycles. The van der Waals surface area contributed by atoms with Crippen LogP contribution < -0.4 is 0 Å². The maximum Gasteiger partial charge on any atom is 0.214 e. The number of hydrogen-bond acceptors (Lipinski definition) is 2. The van der Waals surface area contributed by atoms with Gasteiger partial charge in [-0.2, -0.15) is 4.31 Å². The summed E-state index contributed by atoms with van der Waals surface area (Å²) in [5.74, 6) is 0.659. The molecule has 0 saturated heterocycles. The molecule has 3 nitrogen and oxygen atoms in total. The van der Waals surface area contributed by atoms with Crippen molar-refractivity contribution in [2.24, 2.45) is 0 Å². The van der Waals surface area contributed by atoms with Gasteiger partial charge in [0.05, 0.1) is 5.75 Å². The smallest absolute Gasteiger partial charge is 0.212 e. The van der Waals surface area contributed by atoms with Crippen molar-refractivity contribution in [3.63, 3.8) is 0 Å². The van der Waals surface area contributed by atoms with E-state index in [1.807, 2.05) is 4.31 Å². The number of hydrogen-bond donors (Lipinski definition) is 0. The zero-order chi connectivity index (χ0) is 14.4. The molecule has 2 aliphatic carbocycles. The SMILES string of the molecule is O=S(=O)(CCCCl)N(C1CCCCC1)C1CCCCC1. The van der Waals surface area contributed by atoms with E-state index in [1.54, 1.807) is 0 Å². The van der Waals surface area contributed by atoms with E-state index in [0.29, 0.717) is 12.3 Å². The predicted molar refractivity (Wildman–Crippen MR) is 84.7 cm³/mol. The first kappa shape index (κ1) is 16.6. The second-order valence-electron chi connectivity index (χ2n) is 6.27. The van der Waals surface area contributed by atoms with Crippen molar-refractivity contribution >= 4 is 21.6 Å². The third kappa shape index (κ3) is 4.35. The fourth-order valence-electron chi connectivity index (χ4n) is 3.77. The van der Waals surface area contributed by atoms with E-state index in [2.05, 4.69) is 0 Å². The van der Waals surface area contributed by atoms with E-state index in [4.69, 9.17) is 11.6 Å². The second-order valence-corrected chi connectivity index (χ2v) is 8.64. The predicted octanol–water partition coefficient (Wildman–Crippen LogP) is 3.91. The zero-order valence-electron chi connectivity index (χ0n) is 12.4. The van der Waals surface area contributed by atoms with E-state index in [1.165, 1.54) is 38.5 Å². The highest BCUT2D eigenvalue weighted by Crippen LogP contribution is 2.32. The average molecular weight is 322 g/mol. The minimum absolute atomic E-state index is 0.226. The lowest BCUT2D eigenvalue weighted by Crippen LogP contribution is -2.49. The van der Waals surface area contributed by atoms with Crippen LogP contribution in [0.1, 0.15) is 70.6 Å². The van der Waals surface area contributed by atoms with Gasteiger partial charge in [-0.15, -0.1) is 11.6 Å². The molecule has 0 aromatic rings. The Morgan fingerprint density at radius 2 is 1.30 bits per heavy atom. The lowest BCUT2D eigenvalue weighted by atomic mass is 9.91. The minimum atomic E-state index is -3.13. The first-order chi connectivity index (χ1) is 9.65. The van der Waals surface area contributed by atoms with E-state index >= 15 is 0 Å². The van der Waals surface area contributed by atoms with Gasteiger partial charge < -0.3 is 0 Å². The summed E-state index contributed by atoms with van der Waals surface area (Å²) >= 11 is 5.70. The van der Waals surface area contributed by atoms with Crippen molar-refractivity contribution in [1.29, 1.82) is 0 Å². The molecule has 0 bridgehead atoms. The fourth-order valence-corrected chi connectivity index (χ4v) is 6.11. The van der Waals surface area contributed by atoms with Crippen LogP contribution in [0.15, 0.2) is 0 Å². The molecule has 20 heavy (non-hydrogen) atoms. The van der Waals surface area contributed by atoms with Gasteiger partial charge in [0, 0.05) is 18.0 Å². The number of nitrogens with zero attached hydrogens (tertiary/aromatic N) is 1. The van der Waals surface area contributed by atoms with Crippen LogP contribution in [-0.4, -0.2) is 36.4 Å². The quantitative estimate of drug-likeness (QED) is 0.695. The van der Waals surface area contributed by atoms with Crippen molar-refractivity contribution in [2.75, 3.05) is 11.6 Å². The molecule has 2 aliphatic rings. The van der Waals surface area contributed by atoms with Gasteiger partial charge in [0.15, 0.2) is 0 Å². The third-order valence-corrected chi connectivity index (χ3v) is 7.04. The summed E-state index contributed by atoms with van der Waals surface area (Å²) in [7, 11) is -3.13. The van der Waals surface area contributed by atoms with Crippen LogP contribution in [0.2, 0.25) is 0 Å². The lowest BCUT2D eigenvalue weighted by Gasteiger charge is -2.40. The Morgan fingerprint density at radius 3 is 1.70 bits per heavy atom. The molecule has 0 radical (unpaired) electrons. The highest BCUT2D eigenvalue weighted by Gasteiger charge is 2.36. The van der Waals surface area contributed by atoms with Gasteiger partial charge in [-0.25, -0.2) is 8.42 Å². The molecule has 5 heteroatoms. The number of halogens is 1. The molecule has 0 N–H and O–H groups in total. The van der Waals surface area contributed by atoms with Crippen molar-refractivity contribution in [1.82, 2.24) is 4.31 Å². The molecule has 2 saturated carbocycles. The summed E-state index contributed by atoms with van der Waals surface area (Å²) in [4.78, 5) is 0. The van der Waals surface area contributed by atoms with Crippen molar-refractivity contribution in [2.45, 2.75) is 82.7 Å². The molecule has 0 amide bonds. The summed E-state index contributed by atoms with van der Waals surface area (Å²) in [5, 5.41) is 0. The van der Waals surface area contributed by atoms with E-state index < -0.39 is 10.0 Å². The van der Waals surface area contributed by atoms with Crippen LogP contribution in [0.25, 0.3) is 0 Å². The second kappa shape index (κ2) is 8.00. The summed E-state index contributed by atoms with van der Waals surface area (Å²) in [5.41, 5.74) is 0. The van der Waals surface area contributed by atoms with Crippen LogP contribution in [-0.2, 0) is 10.0 Å². The summed E-state index contributed by atoms with van der Waals surface area (Å²) < 4.78 is 27.4. The van der Waals surface area contributed by atoms with E-state index in [0.717, 1.165) is 25.7 Å². The van der Waals surface area contributed by atoms with Crippen LogP contribution in [0, 0.1) is 0 Å². The van der Waals surface area contributed by atoms with Gasteiger partial charge in [-0.1, -0.05) is 38.5 Å². The first-order valence-electron chi connectivity index (χ1n) is 8.22. The molecule has 118 valence electrons. The monoisotopic (exact) mass is 321 g/mol. The molecule has 0 spiro atoms. The van der Waals surface area contributed by atoms with Crippen LogP contribution >= 0.6 is 11.6 Å². The molecular formula is C15H28ClNO2S. The number of alkyl halides is 1. The largest absolute Gasteiger partial charge is 0.214 e. The van der Waals surface area contributed by atoms with Crippen molar-refractivity contribution in [3.05, 3.63) is 0 Å². The Bertz CT molecular complexity index is 355. The molecule has 0 unspecified atom stereocenters. The number of rotatable bonds is 6. The third-order valence-electron chi connectivity index (χ3n) is 4.73. The highest BCUT2D eigenvalue weighted by atomic mass is 35.5. The first-order valence-corrected chi connectivity index (χ1v) is 10.4. The Balaban J connectivity index is 2.13. The Labute approximate surface area is 129 Å². The van der Waals surface area contributed by atoms with Crippen LogP contribution in [0.5, 0.6) is 0 Å². The fraction of sp³-hybridized carbons (Fsp3) is 1.00. The molecular weight excluding hydrogens is 294 g/mol. The van der Waals surface area contributed by atoms with E-state index in [9.17, 15) is 8.42 Å². The van der Waals surface area contributed by atoms with Crippen molar-refractivity contribution < 1.29 is 8.42 Å². The minimum Gasteiger partial charge on any atom is -0.212 e. The Morgan fingerprint density at radius 1 is 0.850 bits per heavy atom. The summed E-state index contributed by atoms with van der Waals surface area (Å²) in [6.45, 7) is 0. The summed E-state index contributed by atoms with van der Waals surface area (Å²) in [6, 6.07) is 0.513. The Hall–Kier alpha value is 0.200. The average Bonchev–Trinajstić information content (AvgIpc) is 2.47. The van der Waals surface area contributed by atoms with Gasteiger partial charge in [0.25, 0.3) is 0 Å². The maximum absolute atomic E-state index is 12.8. The van der Waals surface area contributed by atoms with Gasteiger partial charge in [0.2, 0.25) is 10.0 Å². The molecule has 0 aromatic heterocycles. The highest BCUT2D eigenvalue weighted by molar-refractivity contribution is 7.89.